The fourth-order valence-electron chi connectivity index (χ4n) is 3.69. The number of halogens is 2. The summed E-state index contributed by atoms with van der Waals surface area (Å²) in [6.07, 6.45) is 6.69. The molecular weight excluding hydrogens is 496 g/mol. The number of nitrogens with one attached hydrogen (secondary N) is 1. The summed E-state index contributed by atoms with van der Waals surface area (Å²) < 4.78 is 33.3. The Kier molecular flexibility index (Phi) is 9.88. The van der Waals surface area contributed by atoms with Crippen molar-refractivity contribution in [1.29, 1.82) is 0 Å². The molecule has 1 aliphatic carbocycles. The summed E-state index contributed by atoms with van der Waals surface area (Å²) in [7, 11) is 0. The number of amides is 2. The minimum Gasteiger partial charge on any atom is -0.481 e. The van der Waals surface area contributed by atoms with Gasteiger partial charge in [-0.1, -0.05) is 36.7 Å². The third kappa shape index (κ3) is 8.15. The number of thioether (sulfide) groups is 1. The first-order valence-corrected chi connectivity index (χ1v) is 13.4. The molecule has 0 atom stereocenters. The maximum Gasteiger partial charge on any atom is 0.323 e. The topological polar surface area (TPSA) is 91.8 Å². The highest BCUT2D eigenvalue weighted by molar-refractivity contribution is 8.01. The zero-order valence-electron chi connectivity index (χ0n) is 19.9. The highest BCUT2D eigenvalue weighted by Crippen LogP contribution is 2.33. The molecule has 0 radical (unpaired) electrons. The lowest BCUT2D eigenvalue weighted by molar-refractivity contribution is -0.145. The van der Waals surface area contributed by atoms with Crippen LogP contribution >= 0.6 is 23.1 Å². The normalized spacial score (nSPS) is 14.6. The summed E-state index contributed by atoms with van der Waals surface area (Å²) in [6.45, 7) is 3.87. The van der Waals surface area contributed by atoms with Crippen LogP contribution in [0.15, 0.2) is 28.6 Å². The summed E-state index contributed by atoms with van der Waals surface area (Å²) in [5.74, 6) is -1.77. The molecule has 192 valence electrons. The van der Waals surface area contributed by atoms with Gasteiger partial charge >= 0.3 is 12.0 Å². The van der Waals surface area contributed by atoms with Crippen molar-refractivity contribution in [3.05, 3.63) is 41.6 Å². The van der Waals surface area contributed by atoms with Crippen molar-refractivity contribution in [2.24, 2.45) is 5.41 Å². The van der Waals surface area contributed by atoms with Crippen LogP contribution in [0.2, 0.25) is 0 Å². The maximum atomic E-state index is 13.8. The molecule has 1 saturated carbocycles. The zero-order chi connectivity index (χ0) is 25.4. The average molecular weight is 528 g/mol. The van der Waals surface area contributed by atoms with Crippen LogP contribution in [0.1, 0.15) is 51.5 Å². The Bertz CT molecular complexity index is 1010. The van der Waals surface area contributed by atoms with Crippen LogP contribution in [0, 0.1) is 17.0 Å². The highest BCUT2D eigenvalue weighted by atomic mass is 32.2. The quantitative estimate of drug-likeness (QED) is 0.275. The Morgan fingerprint density at radius 2 is 2.03 bits per heavy atom. The smallest absolute Gasteiger partial charge is 0.323 e. The molecule has 0 bridgehead atoms. The minimum absolute atomic E-state index is 0.00794. The second-order valence-corrected chi connectivity index (χ2v) is 11.5. The fourth-order valence-corrected chi connectivity index (χ4v) is 5.63. The molecule has 0 aliphatic heterocycles. The van der Waals surface area contributed by atoms with E-state index in [9.17, 15) is 23.5 Å². The number of carbonyl (C=O) groups is 2. The molecule has 1 aromatic heterocycles. The van der Waals surface area contributed by atoms with Crippen molar-refractivity contribution >= 4 is 40.2 Å². The SMILES string of the molecule is CC(C)(CSc1cnc(NC(=O)N(CCOCc2ccc(F)cc2F)C2CCCCC2)s1)C(=O)O. The highest BCUT2D eigenvalue weighted by Gasteiger charge is 2.28. The van der Waals surface area contributed by atoms with Crippen LogP contribution < -0.4 is 5.32 Å². The van der Waals surface area contributed by atoms with E-state index >= 15 is 0 Å². The molecular formula is C24H31F2N3O4S2. The molecule has 2 aromatic rings. The molecule has 1 heterocycles. The second kappa shape index (κ2) is 12.6. The maximum absolute atomic E-state index is 13.8. The van der Waals surface area contributed by atoms with E-state index in [1.165, 1.54) is 35.2 Å². The molecule has 0 spiro atoms. The number of rotatable bonds is 11. The lowest BCUT2D eigenvalue weighted by Crippen LogP contribution is -2.45. The van der Waals surface area contributed by atoms with Crippen LogP contribution in [0.5, 0.6) is 0 Å². The largest absolute Gasteiger partial charge is 0.481 e. The van der Waals surface area contributed by atoms with Gasteiger partial charge in [0.1, 0.15) is 11.6 Å². The minimum atomic E-state index is -0.868. The van der Waals surface area contributed by atoms with Gasteiger partial charge in [-0.25, -0.2) is 18.6 Å². The zero-order valence-corrected chi connectivity index (χ0v) is 21.5. The van der Waals surface area contributed by atoms with Gasteiger partial charge in [-0.3, -0.25) is 10.1 Å². The molecule has 1 aromatic carbocycles. The Hall–Kier alpha value is -2.24. The number of nitrogens with zero attached hydrogens (tertiary/aromatic N) is 2. The number of aliphatic carboxylic acids is 1. The standard InChI is InChI=1S/C24H31F2N3O4S2/c1-24(2,21(30)31)15-34-20-13-27-22(35-20)28-23(32)29(18-6-4-3-5-7-18)10-11-33-14-16-8-9-17(25)12-19(16)26/h8-9,12-13,18H,3-7,10-11,14-15H2,1-2H3,(H,30,31)(H,27,28,32). The third-order valence-electron chi connectivity index (χ3n) is 5.88. The number of hydrogen-bond donors (Lipinski definition) is 2. The molecule has 1 aliphatic rings. The summed E-state index contributed by atoms with van der Waals surface area (Å²) in [5.41, 5.74) is -0.605. The molecule has 1 fully saturated rings. The van der Waals surface area contributed by atoms with Gasteiger partial charge < -0.3 is 14.7 Å². The van der Waals surface area contributed by atoms with E-state index in [0.717, 1.165) is 42.4 Å². The molecule has 35 heavy (non-hydrogen) atoms. The number of carboxylic acid groups (broad SMARTS) is 1. The van der Waals surface area contributed by atoms with E-state index in [1.54, 1.807) is 24.9 Å². The van der Waals surface area contributed by atoms with Crippen LogP contribution in [0.4, 0.5) is 18.7 Å². The fraction of sp³-hybridized carbons (Fsp3) is 0.542. The summed E-state index contributed by atoms with van der Waals surface area (Å²) >= 11 is 2.70. The van der Waals surface area contributed by atoms with E-state index in [4.69, 9.17) is 4.74 Å². The van der Waals surface area contributed by atoms with Crippen LogP contribution in [0.3, 0.4) is 0 Å². The van der Waals surface area contributed by atoms with E-state index < -0.39 is 23.0 Å². The van der Waals surface area contributed by atoms with Crippen LogP contribution in [-0.2, 0) is 16.1 Å². The van der Waals surface area contributed by atoms with E-state index in [2.05, 4.69) is 10.3 Å². The van der Waals surface area contributed by atoms with Gasteiger partial charge in [0.05, 0.1) is 29.0 Å². The van der Waals surface area contributed by atoms with Gasteiger partial charge in [-0.2, -0.15) is 0 Å². The first-order chi connectivity index (χ1) is 16.7. The Morgan fingerprint density at radius 3 is 2.71 bits per heavy atom. The van der Waals surface area contributed by atoms with Gasteiger partial charge in [0.15, 0.2) is 5.13 Å². The number of aromatic nitrogens is 1. The van der Waals surface area contributed by atoms with Gasteiger partial charge in [-0.15, -0.1) is 11.8 Å². The van der Waals surface area contributed by atoms with Crippen molar-refractivity contribution in [3.8, 4) is 0 Å². The van der Waals surface area contributed by atoms with Gasteiger partial charge in [-0.05, 0) is 32.8 Å². The van der Waals surface area contributed by atoms with Gasteiger partial charge in [0.2, 0.25) is 0 Å². The van der Waals surface area contributed by atoms with Crippen LogP contribution in [-0.4, -0.2) is 51.9 Å². The van der Waals surface area contributed by atoms with E-state index in [-0.39, 0.29) is 30.9 Å². The van der Waals surface area contributed by atoms with Crippen molar-refractivity contribution in [2.75, 3.05) is 24.2 Å². The lowest BCUT2D eigenvalue weighted by atomic mass is 9.94. The predicted octanol–water partition coefficient (Wildman–Crippen LogP) is 6.01. The lowest BCUT2D eigenvalue weighted by Gasteiger charge is -2.34. The summed E-state index contributed by atoms with van der Waals surface area (Å²) in [6, 6.07) is 3.17. The summed E-state index contributed by atoms with van der Waals surface area (Å²) in [4.78, 5) is 30.5. The molecule has 0 saturated heterocycles. The number of ether oxygens (including phenoxy) is 1. The van der Waals surface area contributed by atoms with E-state index in [0.29, 0.717) is 17.4 Å². The van der Waals surface area contributed by atoms with Crippen molar-refractivity contribution in [2.45, 2.75) is 62.8 Å². The number of benzene rings is 1. The Labute approximate surface area is 212 Å². The third-order valence-corrected chi connectivity index (χ3v) is 8.45. The molecule has 3 rings (SSSR count). The molecule has 2 N–H and O–H groups in total. The monoisotopic (exact) mass is 527 g/mol. The number of carbonyl (C=O) groups excluding carboxylic acids is 1. The number of anilines is 1. The van der Waals surface area contributed by atoms with Crippen molar-refractivity contribution in [3.63, 3.8) is 0 Å². The molecule has 0 unspecified atom stereocenters. The predicted molar refractivity (Wildman–Crippen MR) is 133 cm³/mol. The number of urea groups is 1. The average Bonchev–Trinajstić information content (AvgIpc) is 3.26. The van der Waals surface area contributed by atoms with E-state index in [1.807, 2.05) is 0 Å². The molecule has 7 nitrogen and oxygen atoms in total. The van der Waals surface area contributed by atoms with Crippen LogP contribution in [0.25, 0.3) is 0 Å². The first kappa shape index (κ1) is 27.3. The number of thiazole rings is 1. The Balaban J connectivity index is 1.56. The second-order valence-electron chi connectivity index (χ2n) is 9.17. The van der Waals surface area contributed by atoms with Gasteiger partial charge in [0.25, 0.3) is 0 Å². The molecule has 2 amide bonds. The van der Waals surface area contributed by atoms with Crippen molar-refractivity contribution in [1.82, 2.24) is 9.88 Å². The number of hydrogen-bond acceptors (Lipinski definition) is 6. The van der Waals surface area contributed by atoms with Gasteiger partial charge in [0, 0.05) is 30.0 Å². The first-order valence-electron chi connectivity index (χ1n) is 11.6. The number of carboxylic acids is 1. The summed E-state index contributed by atoms with van der Waals surface area (Å²) in [5, 5.41) is 12.6. The molecule has 11 heteroatoms. The van der Waals surface area contributed by atoms with Crippen molar-refractivity contribution < 1.29 is 28.2 Å². The Morgan fingerprint density at radius 1 is 1.29 bits per heavy atom.